The maximum Gasteiger partial charge on any atom is 0.244 e. The number of benzene rings is 2. The highest BCUT2D eigenvalue weighted by molar-refractivity contribution is 7.92. The Labute approximate surface area is 231 Å². The van der Waals surface area contributed by atoms with E-state index in [4.69, 9.17) is 9.47 Å². The molecule has 1 aliphatic carbocycles. The zero-order chi connectivity index (χ0) is 28.0. The van der Waals surface area contributed by atoms with Crippen LogP contribution < -0.4 is 19.1 Å². The molecule has 2 amide bonds. The van der Waals surface area contributed by atoms with Crippen molar-refractivity contribution in [2.75, 3.05) is 29.8 Å². The van der Waals surface area contributed by atoms with Gasteiger partial charge < -0.3 is 19.7 Å². The molecular formula is C29H39N3O6S. The number of nitrogens with one attached hydrogen (secondary N) is 1. The van der Waals surface area contributed by atoms with E-state index < -0.39 is 28.5 Å². The first-order valence-corrected chi connectivity index (χ1v) is 15.3. The molecular weight excluding hydrogens is 518 g/mol. The van der Waals surface area contributed by atoms with Crippen LogP contribution in [0.4, 0.5) is 5.69 Å². The number of aryl methyl sites for hydroxylation is 1. The van der Waals surface area contributed by atoms with Crippen LogP contribution in [0.1, 0.15) is 57.1 Å². The molecule has 4 rings (SSSR count). The number of rotatable bonds is 10. The summed E-state index contributed by atoms with van der Waals surface area (Å²) in [5.74, 6) is 0.0727. The van der Waals surface area contributed by atoms with E-state index in [1.807, 2.05) is 31.2 Å². The van der Waals surface area contributed by atoms with Crippen LogP contribution >= 0.6 is 0 Å². The van der Waals surface area contributed by atoms with Crippen molar-refractivity contribution in [1.29, 1.82) is 0 Å². The van der Waals surface area contributed by atoms with Gasteiger partial charge in [-0.3, -0.25) is 13.9 Å². The quantitative estimate of drug-likeness (QED) is 0.477. The molecule has 0 unspecified atom stereocenters. The molecule has 212 valence electrons. The van der Waals surface area contributed by atoms with Gasteiger partial charge in [0.1, 0.15) is 25.8 Å². The number of hydrogen-bond acceptors (Lipinski definition) is 6. The first-order chi connectivity index (χ1) is 18.7. The van der Waals surface area contributed by atoms with Gasteiger partial charge in [0.2, 0.25) is 21.8 Å². The highest BCUT2D eigenvalue weighted by atomic mass is 32.2. The van der Waals surface area contributed by atoms with Crippen LogP contribution in [0.25, 0.3) is 0 Å². The van der Waals surface area contributed by atoms with Crippen LogP contribution in [0.3, 0.4) is 0 Å². The standard InChI is InChI=1S/C29H39N3O6S/c1-4-39(35,36)32(25-14-15-26-27(18-25)38-17-16-37-26)20-28(33)31(19-23-12-10-21(2)11-13-23)22(3)29(34)30-24-8-6-5-7-9-24/h10-15,18,22,24H,4-9,16-17,19-20H2,1-3H3,(H,30,34)/t22-/m1/s1. The van der Waals surface area contributed by atoms with E-state index in [1.165, 1.54) is 18.2 Å². The molecule has 1 aliphatic heterocycles. The van der Waals surface area contributed by atoms with Gasteiger partial charge in [0, 0.05) is 18.7 Å². The molecule has 0 radical (unpaired) electrons. The lowest BCUT2D eigenvalue weighted by atomic mass is 9.95. The van der Waals surface area contributed by atoms with Crippen LogP contribution in [0.15, 0.2) is 42.5 Å². The lowest BCUT2D eigenvalue weighted by Crippen LogP contribution is -2.53. The smallest absolute Gasteiger partial charge is 0.244 e. The molecule has 10 heteroatoms. The Bertz CT molecular complexity index is 1260. The highest BCUT2D eigenvalue weighted by Crippen LogP contribution is 2.35. The Balaban J connectivity index is 1.61. The second-order valence-electron chi connectivity index (χ2n) is 10.3. The predicted molar refractivity (Wildman–Crippen MR) is 150 cm³/mol. The summed E-state index contributed by atoms with van der Waals surface area (Å²) < 4.78 is 38.7. The zero-order valence-electron chi connectivity index (χ0n) is 23.0. The minimum absolute atomic E-state index is 0.0970. The van der Waals surface area contributed by atoms with Crippen LogP contribution in [0.2, 0.25) is 0 Å². The number of ether oxygens (including phenoxy) is 2. The first kappa shape index (κ1) is 28.7. The molecule has 1 saturated carbocycles. The largest absolute Gasteiger partial charge is 0.486 e. The minimum Gasteiger partial charge on any atom is -0.486 e. The number of nitrogens with zero attached hydrogens (tertiary/aromatic N) is 2. The van der Waals surface area contributed by atoms with E-state index in [0.717, 1.165) is 41.1 Å². The molecule has 1 N–H and O–H groups in total. The van der Waals surface area contributed by atoms with Crippen molar-refractivity contribution in [3.8, 4) is 11.5 Å². The summed E-state index contributed by atoms with van der Waals surface area (Å²) in [6, 6.07) is 11.9. The van der Waals surface area contributed by atoms with Crippen LogP contribution in [-0.2, 0) is 26.2 Å². The van der Waals surface area contributed by atoms with Gasteiger partial charge in [0.05, 0.1) is 11.4 Å². The Hall–Kier alpha value is -3.27. The van der Waals surface area contributed by atoms with E-state index >= 15 is 0 Å². The average Bonchev–Trinajstić information content (AvgIpc) is 2.95. The summed E-state index contributed by atoms with van der Waals surface area (Å²) in [5, 5.41) is 3.11. The number of sulfonamides is 1. The third-order valence-electron chi connectivity index (χ3n) is 7.39. The minimum atomic E-state index is -3.83. The third-order valence-corrected chi connectivity index (χ3v) is 9.13. The zero-order valence-corrected chi connectivity index (χ0v) is 23.8. The molecule has 9 nitrogen and oxygen atoms in total. The Morgan fingerprint density at radius 2 is 1.67 bits per heavy atom. The molecule has 0 aromatic heterocycles. The highest BCUT2D eigenvalue weighted by Gasteiger charge is 2.32. The van der Waals surface area contributed by atoms with Crippen molar-refractivity contribution in [3.05, 3.63) is 53.6 Å². The van der Waals surface area contributed by atoms with E-state index in [-0.39, 0.29) is 24.2 Å². The number of fused-ring (bicyclic) bond motifs is 1. The maximum absolute atomic E-state index is 13.9. The SMILES string of the molecule is CCS(=O)(=O)N(CC(=O)N(Cc1ccc(C)cc1)[C@H](C)C(=O)NC1CCCCC1)c1ccc2c(c1)OCCO2. The fraction of sp³-hybridized carbons (Fsp3) is 0.517. The van der Waals surface area contributed by atoms with Gasteiger partial charge in [-0.2, -0.15) is 0 Å². The normalized spacial score (nSPS) is 16.3. The average molecular weight is 558 g/mol. The third kappa shape index (κ3) is 7.23. The van der Waals surface area contributed by atoms with Crippen molar-refractivity contribution in [3.63, 3.8) is 0 Å². The van der Waals surface area contributed by atoms with Crippen molar-refractivity contribution in [1.82, 2.24) is 10.2 Å². The van der Waals surface area contributed by atoms with Crippen molar-refractivity contribution >= 4 is 27.5 Å². The van der Waals surface area contributed by atoms with Gasteiger partial charge in [0.25, 0.3) is 0 Å². The van der Waals surface area contributed by atoms with E-state index in [0.29, 0.717) is 30.4 Å². The Morgan fingerprint density at radius 1 is 1.00 bits per heavy atom. The molecule has 0 bridgehead atoms. The van der Waals surface area contributed by atoms with Gasteiger partial charge in [-0.05, 0) is 51.3 Å². The summed E-state index contributed by atoms with van der Waals surface area (Å²) in [5.41, 5.74) is 2.25. The van der Waals surface area contributed by atoms with E-state index in [2.05, 4.69) is 5.32 Å². The molecule has 39 heavy (non-hydrogen) atoms. The van der Waals surface area contributed by atoms with Crippen LogP contribution in [0, 0.1) is 6.92 Å². The topological polar surface area (TPSA) is 105 Å². The lowest BCUT2D eigenvalue weighted by molar-refractivity contribution is -0.139. The fourth-order valence-corrected chi connectivity index (χ4v) is 6.00. The Kier molecular flexibility index (Phi) is 9.37. The fourth-order valence-electron chi connectivity index (χ4n) is 4.95. The van der Waals surface area contributed by atoms with Gasteiger partial charge in [-0.25, -0.2) is 8.42 Å². The van der Waals surface area contributed by atoms with Crippen molar-refractivity contribution < 1.29 is 27.5 Å². The number of anilines is 1. The monoisotopic (exact) mass is 557 g/mol. The van der Waals surface area contributed by atoms with E-state index in [1.54, 1.807) is 25.1 Å². The van der Waals surface area contributed by atoms with Gasteiger partial charge in [-0.1, -0.05) is 49.1 Å². The van der Waals surface area contributed by atoms with Gasteiger partial charge >= 0.3 is 0 Å². The number of hydrogen-bond donors (Lipinski definition) is 1. The number of carbonyl (C=O) groups is 2. The first-order valence-electron chi connectivity index (χ1n) is 13.7. The summed E-state index contributed by atoms with van der Waals surface area (Å²) in [7, 11) is -3.83. The van der Waals surface area contributed by atoms with Crippen LogP contribution in [0.5, 0.6) is 11.5 Å². The Morgan fingerprint density at radius 3 is 2.33 bits per heavy atom. The summed E-state index contributed by atoms with van der Waals surface area (Å²) in [6.07, 6.45) is 5.17. The maximum atomic E-state index is 13.9. The van der Waals surface area contributed by atoms with Gasteiger partial charge in [-0.15, -0.1) is 0 Å². The van der Waals surface area contributed by atoms with E-state index in [9.17, 15) is 18.0 Å². The lowest BCUT2D eigenvalue weighted by Gasteiger charge is -2.33. The van der Waals surface area contributed by atoms with Gasteiger partial charge in [0.15, 0.2) is 11.5 Å². The molecule has 2 aliphatic rings. The second kappa shape index (κ2) is 12.7. The molecule has 1 fully saturated rings. The molecule has 1 atom stereocenters. The molecule has 2 aromatic rings. The summed E-state index contributed by atoms with van der Waals surface area (Å²) >= 11 is 0. The molecule has 0 spiro atoms. The molecule has 0 saturated heterocycles. The van der Waals surface area contributed by atoms with Crippen LogP contribution in [-0.4, -0.2) is 62.7 Å². The van der Waals surface area contributed by atoms with Crippen molar-refractivity contribution in [2.24, 2.45) is 0 Å². The number of amides is 2. The number of carbonyl (C=O) groups excluding carboxylic acids is 2. The summed E-state index contributed by atoms with van der Waals surface area (Å²) in [6.45, 7) is 5.72. The van der Waals surface area contributed by atoms with Crippen molar-refractivity contribution in [2.45, 2.75) is 71.5 Å². The summed E-state index contributed by atoms with van der Waals surface area (Å²) in [4.78, 5) is 28.6. The predicted octanol–water partition coefficient (Wildman–Crippen LogP) is 3.79. The molecule has 2 aromatic carbocycles. The molecule has 1 heterocycles. The second-order valence-corrected chi connectivity index (χ2v) is 12.4.